The molecule has 1 heterocycles. The molecule has 2 amide bonds. The summed E-state index contributed by atoms with van der Waals surface area (Å²) in [4.78, 5) is 25.9. The van der Waals surface area contributed by atoms with E-state index in [4.69, 9.17) is 4.74 Å². The summed E-state index contributed by atoms with van der Waals surface area (Å²) in [6.07, 6.45) is 4.20. The van der Waals surface area contributed by atoms with Gasteiger partial charge in [-0.1, -0.05) is 13.3 Å². The van der Waals surface area contributed by atoms with Crippen molar-refractivity contribution in [3.05, 3.63) is 0 Å². The minimum atomic E-state index is -0.663. The van der Waals surface area contributed by atoms with Gasteiger partial charge >= 0.3 is 0 Å². The van der Waals surface area contributed by atoms with Crippen molar-refractivity contribution in [2.45, 2.75) is 45.1 Å². The van der Waals surface area contributed by atoms with Crippen molar-refractivity contribution in [2.75, 3.05) is 26.3 Å². The van der Waals surface area contributed by atoms with Crippen LogP contribution in [-0.2, 0) is 14.3 Å². The van der Waals surface area contributed by atoms with Gasteiger partial charge in [-0.15, -0.1) is 0 Å². The maximum atomic E-state index is 12.1. The van der Waals surface area contributed by atoms with Crippen LogP contribution in [0.5, 0.6) is 0 Å². The number of unbranched alkanes of at least 4 members (excludes halogenated alkanes) is 1. The number of hydrogen-bond donors (Lipinski definition) is 1. The molecule has 0 bridgehead atoms. The van der Waals surface area contributed by atoms with Crippen LogP contribution in [0.3, 0.4) is 0 Å². The first-order chi connectivity index (χ1) is 9.10. The molecule has 0 spiro atoms. The molecule has 1 unspecified atom stereocenters. The van der Waals surface area contributed by atoms with Gasteiger partial charge in [0, 0.05) is 13.2 Å². The van der Waals surface area contributed by atoms with Crippen LogP contribution >= 0.6 is 0 Å². The Morgan fingerprint density at radius 1 is 1.37 bits per heavy atom. The number of amides is 2. The molecular weight excluding hydrogens is 244 g/mol. The van der Waals surface area contributed by atoms with Gasteiger partial charge in [0.25, 0.3) is 0 Å². The van der Waals surface area contributed by atoms with E-state index < -0.39 is 5.54 Å². The van der Waals surface area contributed by atoms with Crippen LogP contribution in [0.25, 0.3) is 0 Å². The number of carbonyl (C=O) groups excluding carboxylic acids is 2. The predicted molar refractivity (Wildman–Crippen MR) is 71.6 cm³/mol. The van der Waals surface area contributed by atoms with Crippen molar-refractivity contribution in [3.8, 4) is 0 Å². The van der Waals surface area contributed by atoms with E-state index in [1.54, 1.807) is 4.90 Å². The molecule has 1 aliphatic carbocycles. The smallest absolute Gasteiger partial charge is 0.246 e. The third-order valence-electron chi connectivity index (χ3n) is 4.20. The summed E-state index contributed by atoms with van der Waals surface area (Å²) in [7, 11) is 0. The molecule has 2 rings (SSSR count). The summed E-state index contributed by atoms with van der Waals surface area (Å²) < 4.78 is 5.53. The molecule has 1 saturated heterocycles. The lowest BCUT2D eigenvalue weighted by Gasteiger charge is -2.43. The first-order valence-corrected chi connectivity index (χ1v) is 7.27. The molecular formula is C14H24N2O3. The summed E-state index contributed by atoms with van der Waals surface area (Å²) in [5.74, 6) is 0.309. The van der Waals surface area contributed by atoms with Crippen LogP contribution in [0.4, 0.5) is 0 Å². The predicted octanol–water partition coefficient (Wildman–Crippen LogP) is 0.930. The fraction of sp³-hybridized carbons (Fsp3) is 0.857. The van der Waals surface area contributed by atoms with Crippen LogP contribution in [0, 0.1) is 5.92 Å². The average Bonchev–Trinajstić information content (AvgIpc) is 3.22. The van der Waals surface area contributed by atoms with E-state index in [0.717, 1.165) is 32.3 Å². The number of hydrogen-bond acceptors (Lipinski definition) is 3. The highest BCUT2D eigenvalue weighted by Crippen LogP contribution is 2.44. The number of nitrogens with zero attached hydrogens (tertiary/aromatic N) is 1. The minimum Gasteiger partial charge on any atom is -0.380 e. The molecule has 2 aliphatic rings. The molecule has 0 radical (unpaired) electrons. The Morgan fingerprint density at radius 3 is 2.74 bits per heavy atom. The highest BCUT2D eigenvalue weighted by atomic mass is 16.5. The highest BCUT2D eigenvalue weighted by Gasteiger charge is 2.54. The van der Waals surface area contributed by atoms with Gasteiger partial charge in [-0.25, -0.2) is 0 Å². The van der Waals surface area contributed by atoms with Crippen molar-refractivity contribution in [1.82, 2.24) is 10.2 Å². The number of ether oxygens (including phenoxy) is 1. The molecule has 5 nitrogen and oxygen atoms in total. The SMILES string of the molecule is CCCCOCCN1C(=O)CNC(=O)C1(C)C1CC1. The largest absolute Gasteiger partial charge is 0.380 e. The third-order valence-corrected chi connectivity index (χ3v) is 4.20. The molecule has 0 aromatic carbocycles. The second-order valence-electron chi connectivity index (χ2n) is 5.62. The Kier molecular flexibility index (Phi) is 4.45. The first-order valence-electron chi connectivity index (χ1n) is 7.27. The van der Waals surface area contributed by atoms with Gasteiger partial charge < -0.3 is 15.0 Å². The van der Waals surface area contributed by atoms with Crippen LogP contribution in [-0.4, -0.2) is 48.6 Å². The molecule has 1 saturated carbocycles. The van der Waals surface area contributed by atoms with E-state index in [1.807, 2.05) is 6.92 Å². The fourth-order valence-corrected chi connectivity index (χ4v) is 2.72. The van der Waals surface area contributed by atoms with Crippen LogP contribution in [0.1, 0.15) is 39.5 Å². The lowest BCUT2D eigenvalue weighted by atomic mass is 9.90. The Hall–Kier alpha value is -1.10. The Morgan fingerprint density at radius 2 is 2.11 bits per heavy atom. The van der Waals surface area contributed by atoms with E-state index in [-0.39, 0.29) is 18.4 Å². The maximum absolute atomic E-state index is 12.1. The standard InChI is InChI=1S/C14H24N2O3/c1-3-4-8-19-9-7-16-12(17)10-15-13(18)14(16,2)11-5-6-11/h11H,3-10H2,1-2H3,(H,15,18). The maximum Gasteiger partial charge on any atom is 0.246 e. The summed E-state index contributed by atoms with van der Waals surface area (Å²) >= 11 is 0. The van der Waals surface area contributed by atoms with Crippen molar-refractivity contribution in [1.29, 1.82) is 0 Å². The Balaban J connectivity index is 1.93. The quantitative estimate of drug-likeness (QED) is 0.699. The van der Waals surface area contributed by atoms with Crippen molar-refractivity contribution in [3.63, 3.8) is 0 Å². The molecule has 108 valence electrons. The van der Waals surface area contributed by atoms with Gasteiger partial charge in [-0.05, 0) is 32.1 Å². The Labute approximate surface area is 114 Å². The monoisotopic (exact) mass is 268 g/mol. The average molecular weight is 268 g/mol. The molecule has 1 aliphatic heterocycles. The van der Waals surface area contributed by atoms with Gasteiger partial charge in [-0.2, -0.15) is 0 Å². The molecule has 2 fully saturated rings. The van der Waals surface area contributed by atoms with E-state index in [0.29, 0.717) is 19.1 Å². The third kappa shape index (κ3) is 2.91. The minimum absolute atomic E-state index is 0.00749. The molecule has 5 heteroatoms. The Bertz CT molecular complexity index is 355. The molecule has 19 heavy (non-hydrogen) atoms. The number of piperazine rings is 1. The fourth-order valence-electron chi connectivity index (χ4n) is 2.72. The summed E-state index contributed by atoms with van der Waals surface area (Å²) in [5.41, 5.74) is -0.663. The second-order valence-corrected chi connectivity index (χ2v) is 5.62. The van der Waals surface area contributed by atoms with Crippen LogP contribution in [0.15, 0.2) is 0 Å². The van der Waals surface area contributed by atoms with E-state index in [2.05, 4.69) is 12.2 Å². The summed E-state index contributed by atoms with van der Waals surface area (Å²) in [5, 5.41) is 2.71. The van der Waals surface area contributed by atoms with Gasteiger partial charge in [0.2, 0.25) is 11.8 Å². The van der Waals surface area contributed by atoms with Gasteiger partial charge in [0.1, 0.15) is 5.54 Å². The summed E-state index contributed by atoms with van der Waals surface area (Å²) in [6.45, 7) is 5.89. The normalized spacial score (nSPS) is 27.6. The van der Waals surface area contributed by atoms with Gasteiger partial charge in [-0.3, -0.25) is 9.59 Å². The zero-order valence-electron chi connectivity index (χ0n) is 11.9. The second kappa shape index (κ2) is 5.90. The first kappa shape index (κ1) is 14.3. The van der Waals surface area contributed by atoms with Gasteiger partial charge in [0.05, 0.1) is 13.2 Å². The van der Waals surface area contributed by atoms with Crippen molar-refractivity contribution >= 4 is 11.8 Å². The number of carbonyl (C=O) groups is 2. The van der Waals surface area contributed by atoms with Crippen molar-refractivity contribution < 1.29 is 14.3 Å². The zero-order chi connectivity index (χ0) is 13.9. The van der Waals surface area contributed by atoms with Crippen molar-refractivity contribution in [2.24, 2.45) is 5.92 Å². The summed E-state index contributed by atoms with van der Waals surface area (Å²) in [6, 6.07) is 0. The van der Waals surface area contributed by atoms with E-state index in [9.17, 15) is 9.59 Å². The number of rotatable bonds is 7. The van der Waals surface area contributed by atoms with E-state index >= 15 is 0 Å². The molecule has 1 atom stereocenters. The van der Waals surface area contributed by atoms with Gasteiger partial charge in [0.15, 0.2) is 0 Å². The van der Waals surface area contributed by atoms with Crippen LogP contribution in [0.2, 0.25) is 0 Å². The lowest BCUT2D eigenvalue weighted by molar-refractivity contribution is -0.155. The highest BCUT2D eigenvalue weighted by molar-refractivity contribution is 5.98. The topological polar surface area (TPSA) is 58.6 Å². The zero-order valence-corrected chi connectivity index (χ0v) is 11.9. The molecule has 1 N–H and O–H groups in total. The number of nitrogens with one attached hydrogen (secondary N) is 1. The van der Waals surface area contributed by atoms with Crippen LogP contribution < -0.4 is 5.32 Å². The van der Waals surface area contributed by atoms with E-state index in [1.165, 1.54) is 0 Å². The molecule has 0 aromatic rings. The molecule has 0 aromatic heterocycles. The lowest BCUT2D eigenvalue weighted by Crippen LogP contribution is -2.67.